The fourth-order valence-electron chi connectivity index (χ4n) is 2.39. The Kier molecular flexibility index (Phi) is 4.93. The van der Waals surface area contributed by atoms with Crippen molar-refractivity contribution in [3.8, 4) is 0 Å². The topological polar surface area (TPSA) is 101 Å². The second-order valence-corrected chi connectivity index (χ2v) is 5.26. The Morgan fingerprint density at radius 1 is 1.14 bits per heavy atom. The van der Waals surface area contributed by atoms with Crippen molar-refractivity contribution in [3.63, 3.8) is 0 Å². The van der Waals surface area contributed by atoms with Gasteiger partial charge in [-0.05, 0) is 36.6 Å². The summed E-state index contributed by atoms with van der Waals surface area (Å²) in [7, 11) is 0. The Morgan fingerprint density at radius 2 is 1.73 bits per heavy atom. The Labute approximate surface area is 128 Å². The number of carbonyl (C=O) groups is 3. The number of likely N-dealkylation sites (tertiary alicyclic amines) is 1. The molecule has 0 aromatic heterocycles. The summed E-state index contributed by atoms with van der Waals surface area (Å²) >= 11 is 0. The summed E-state index contributed by atoms with van der Waals surface area (Å²) < 4.78 is 0. The summed E-state index contributed by atoms with van der Waals surface area (Å²) in [6.45, 7) is 1.05. The minimum absolute atomic E-state index is 0.120. The lowest BCUT2D eigenvalue weighted by molar-refractivity contribution is -0.130. The van der Waals surface area contributed by atoms with Gasteiger partial charge >= 0.3 is 5.97 Å². The van der Waals surface area contributed by atoms with E-state index in [-0.39, 0.29) is 23.3 Å². The molecule has 3 N–H and O–H groups in total. The Balaban J connectivity index is 1.91. The molecule has 116 valence electrons. The summed E-state index contributed by atoms with van der Waals surface area (Å²) in [5, 5.41) is 8.81. The van der Waals surface area contributed by atoms with Gasteiger partial charge in [0, 0.05) is 25.1 Å². The molecule has 0 aliphatic carbocycles. The number of hydrogen-bond donors (Lipinski definition) is 2. The van der Waals surface area contributed by atoms with Crippen LogP contribution in [0.5, 0.6) is 0 Å². The van der Waals surface area contributed by atoms with Crippen LogP contribution in [0.3, 0.4) is 0 Å². The van der Waals surface area contributed by atoms with Gasteiger partial charge in [-0.15, -0.1) is 0 Å². The number of aromatic carboxylic acids is 1. The number of carbonyl (C=O) groups excluding carboxylic acids is 2. The van der Waals surface area contributed by atoms with Crippen LogP contribution in [0.2, 0.25) is 0 Å². The van der Waals surface area contributed by atoms with Crippen LogP contribution in [0.1, 0.15) is 28.8 Å². The van der Waals surface area contributed by atoms with Crippen molar-refractivity contribution >= 4 is 23.9 Å². The quantitative estimate of drug-likeness (QED) is 0.814. The maximum absolute atomic E-state index is 12.1. The second kappa shape index (κ2) is 6.89. The van der Waals surface area contributed by atoms with Crippen LogP contribution in [0, 0.1) is 5.92 Å². The summed E-state index contributed by atoms with van der Waals surface area (Å²) in [6.07, 6.45) is 4.30. The molecule has 0 atom stereocenters. The number of rotatable bonds is 4. The van der Waals surface area contributed by atoms with Crippen LogP contribution in [-0.4, -0.2) is 40.9 Å². The summed E-state index contributed by atoms with van der Waals surface area (Å²) in [5.41, 5.74) is 6.22. The highest BCUT2D eigenvalue weighted by molar-refractivity contribution is 5.92. The highest BCUT2D eigenvalue weighted by Crippen LogP contribution is 2.17. The molecule has 1 fully saturated rings. The summed E-state index contributed by atoms with van der Waals surface area (Å²) in [4.78, 5) is 35.6. The number of amides is 2. The predicted octanol–water partition coefficient (Wildman–Crippen LogP) is 1.12. The first-order valence-corrected chi connectivity index (χ1v) is 7.07. The number of benzene rings is 1. The van der Waals surface area contributed by atoms with E-state index >= 15 is 0 Å². The molecule has 1 aromatic carbocycles. The monoisotopic (exact) mass is 302 g/mol. The molecule has 1 aliphatic heterocycles. The second-order valence-electron chi connectivity index (χ2n) is 5.26. The molecule has 1 heterocycles. The minimum atomic E-state index is -0.982. The molecule has 2 rings (SSSR count). The van der Waals surface area contributed by atoms with Gasteiger partial charge in [-0.1, -0.05) is 12.1 Å². The van der Waals surface area contributed by atoms with Gasteiger partial charge < -0.3 is 15.7 Å². The molecule has 0 radical (unpaired) electrons. The molecular formula is C16H18N2O4. The average Bonchev–Trinajstić information content (AvgIpc) is 2.53. The van der Waals surface area contributed by atoms with Crippen molar-refractivity contribution in [2.75, 3.05) is 13.1 Å². The molecule has 1 saturated heterocycles. The highest BCUT2D eigenvalue weighted by atomic mass is 16.4. The smallest absolute Gasteiger partial charge is 0.335 e. The van der Waals surface area contributed by atoms with E-state index in [1.54, 1.807) is 23.1 Å². The lowest BCUT2D eigenvalue weighted by Crippen LogP contribution is -2.41. The van der Waals surface area contributed by atoms with Crippen molar-refractivity contribution in [1.29, 1.82) is 0 Å². The van der Waals surface area contributed by atoms with Gasteiger partial charge in [0.2, 0.25) is 11.8 Å². The van der Waals surface area contributed by atoms with Crippen LogP contribution >= 0.6 is 0 Å². The fraction of sp³-hybridized carbons (Fsp3) is 0.312. The fourth-order valence-corrected chi connectivity index (χ4v) is 2.39. The molecule has 1 aliphatic rings. The molecule has 1 aromatic rings. The largest absolute Gasteiger partial charge is 0.478 e. The third-order valence-corrected chi connectivity index (χ3v) is 3.78. The number of carboxylic acids is 1. The zero-order chi connectivity index (χ0) is 16.1. The number of nitrogens with zero attached hydrogens (tertiary/aromatic N) is 1. The first kappa shape index (κ1) is 15.8. The van der Waals surface area contributed by atoms with Crippen molar-refractivity contribution in [2.24, 2.45) is 11.7 Å². The molecule has 6 nitrogen and oxygen atoms in total. The zero-order valence-corrected chi connectivity index (χ0v) is 12.1. The van der Waals surface area contributed by atoms with Crippen LogP contribution in [-0.2, 0) is 9.59 Å². The molecule has 0 spiro atoms. The summed E-state index contributed by atoms with van der Waals surface area (Å²) in [6, 6.07) is 6.27. The highest BCUT2D eigenvalue weighted by Gasteiger charge is 2.24. The third kappa shape index (κ3) is 3.94. The van der Waals surface area contributed by atoms with Crippen LogP contribution in [0.4, 0.5) is 0 Å². The number of carboxylic acid groups (broad SMARTS) is 1. The number of piperidine rings is 1. The molecule has 0 saturated carbocycles. The third-order valence-electron chi connectivity index (χ3n) is 3.78. The maximum atomic E-state index is 12.1. The van der Waals surface area contributed by atoms with Gasteiger partial charge in [0.25, 0.3) is 0 Å². The minimum Gasteiger partial charge on any atom is -0.478 e. The number of primary amides is 1. The van der Waals surface area contributed by atoms with Crippen molar-refractivity contribution in [3.05, 3.63) is 41.5 Å². The van der Waals surface area contributed by atoms with E-state index < -0.39 is 5.97 Å². The lowest BCUT2D eigenvalue weighted by Gasteiger charge is -2.29. The molecule has 22 heavy (non-hydrogen) atoms. The molecule has 0 bridgehead atoms. The molecule has 0 unspecified atom stereocenters. The van der Waals surface area contributed by atoms with Crippen LogP contribution in [0.25, 0.3) is 6.08 Å². The van der Waals surface area contributed by atoms with Gasteiger partial charge in [-0.3, -0.25) is 9.59 Å². The Bertz CT molecular complexity index is 599. The molecule has 6 heteroatoms. The van der Waals surface area contributed by atoms with E-state index in [2.05, 4.69) is 0 Å². The Morgan fingerprint density at radius 3 is 2.23 bits per heavy atom. The van der Waals surface area contributed by atoms with Crippen molar-refractivity contribution < 1.29 is 19.5 Å². The molecular weight excluding hydrogens is 284 g/mol. The number of nitrogens with two attached hydrogens (primary N) is 1. The normalized spacial score (nSPS) is 15.9. The average molecular weight is 302 g/mol. The van der Waals surface area contributed by atoms with Crippen molar-refractivity contribution in [2.45, 2.75) is 12.8 Å². The zero-order valence-electron chi connectivity index (χ0n) is 12.1. The van der Waals surface area contributed by atoms with Gasteiger partial charge in [0.1, 0.15) is 0 Å². The Hall–Kier alpha value is -2.63. The number of hydrogen-bond acceptors (Lipinski definition) is 3. The van der Waals surface area contributed by atoms with E-state index in [4.69, 9.17) is 10.8 Å². The van der Waals surface area contributed by atoms with Gasteiger partial charge in [0.15, 0.2) is 0 Å². The van der Waals surface area contributed by atoms with E-state index in [0.29, 0.717) is 25.9 Å². The maximum Gasteiger partial charge on any atom is 0.335 e. The van der Waals surface area contributed by atoms with Crippen LogP contribution < -0.4 is 5.73 Å². The van der Waals surface area contributed by atoms with E-state index in [1.807, 2.05) is 0 Å². The van der Waals surface area contributed by atoms with Gasteiger partial charge in [0.05, 0.1) is 5.56 Å². The predicted molar refractivity (Wildman–Crippen MR) is 80.9 cm³/mol. The first-order chi connectivity index (χ1) is 10.5. The van der Waals surface area contributed by atoms with Gasteiger partial charge in [-0.25, -0.2) is 4.79 Å². The molecule has 2 amide bonds. The van der Waals surface area contributed by atoms with Crippen LogP contribution in [0.15, 0.2) is 30.3 Å². The summed E-state index contributed by atoms with van der Waals surface area (Å²) in [5.74, 6) is -1.55. The van der Waals surface area contributed by atoms with Gasteiger partial charge in [-0.2, -0.15) is 0 Å². The first-order valence-electron chi connectivity index (χ1n) is 7.07. The lowest BCUT2D eigenvalue weighted by atomic mass is 9.96. The SMILES string of the molecule is NC(=O)C1CCN(C(=O)C=Cc2ccc(C(=O)O)cc2)CC1. The van der Waals surface area contributed by atoms with E-state index in [9.17, 15) is 14.4 Å². The van der Waals surface area contributed by atoms with E-state index in [1.165, 1.54) is 18.2 Å². The van der Waals surface area contributed by atoms with Crippen molar-refractivity contribution in [1.82, 2.24) is 4.90 Å². The standard InChI is InChI=1S/C16H18N2O4/c17-15(20)12-7-9-18(10-8-12)14(19)6-3-11-1-4-13(5-2-11)16(21)22/h1-6,12H,7-10H2,(H2,17,20)(H,21,22). The van der Waals surface area contributed by atoms with E-state index in [0.717, 1.165) is 5.56 Å².